The van der Waals surface area contributed by atoms with Crippen LogP contribution in [-0.2, 0) is 7.05 Å². The minimum absolute atomic E-state index is 0.382. The highest BCUT2D eigenvalue weighted by molar-refractivity contribution is 5.04. The topological polar surface area (TPSA) is 29.9 Å². The van der Waals surface area contributed by atoms with Crippen LogP contribution < -0.4 is 5.32 Å². The van der Waals surface area contributed by atoms with E-state index in [9.17, 15) is 0 Å². The minimum Gasteiger partial charge on any atom is -0.312 e. The van der Waals surface area contributed by atoms with Gasteiger partial charge >= 0.3 is 0 Å². The van der Waals surface area contributed by atoms with E-state index in [1.807, 2.05) is 31.0 Å². The van der Waals surface area contributed by atoms with Gasteiger partial charge in [0.2, 0.25) is 0 Å². The maximum absolute atomic E-state index is 4.06. The summed E-state index contributed by atoms with van der Waals surface area (Å²) in [6.45, 7) is 2.11. The van der Waals surface area contributed by atoms with E-state index in [0.717, 1.165) is 0 Å². The Morgan fingerprint density at radius 1 is 1.70 bits per heavy atom. The lowest BCUT2D eigenvalue weighted by atomic mass is 10.2. The van der Waals surface area contributed by atoms with Crippen LogP contribution in [0.4, 0.5) is 0 Å². The van der Waals surface area contributed by atoms with Crippen molar-refractivity contribution < 1.29 is 0 Å². The van der Waals surface area contributed by atoms with Crippen LogP contribution in [0.1, 0.15) is 18.7 Å². The molecule has 0 aromatic carbocycles. The molecule has 10 heavy (non-hydrogen) atoms. The Balaban J connectivity index is 2.82. The van der Waals surface area contributed by atoms with Crippen molar-refractivity contribution in [1.82, 2.24) is 15.1 Å². The second-order valence-electron chi connectivity index (χ2n) is 2.39. The van der Waals surface area contributed by atoms with Gasteiger partial charge in [0.1, 0.15) is 0 Å². The predicted octanol–water partition coefficient (Wildman–Crippen LogP) is 0.700. The number of rotatable bonds is 2. The number of hydrogen-bond acceptors (Lipinski definition) is 2. The second-order valence-corrected chi connectivity index (χ2v) is 2.39. The third-order valence-corrected chi connectivity index (χ3v) is 1.74. The average Bonchev–Trinajstić information content (AvgIpc) is 2.34. The van der Waals surface area contributed by atoms with Crippen LogP contribution >= 0.6 is 0 Å². The third kappa shape index (κ3) is 1.19. The van der Waals surface area contributed by atoms with Crippen LogP contribution in [0.2, 0.25) is 0 Å². The van der Waals surface area contributed by atoms with Gasteiger partial charge in [-0.05, 0) is 20.0 Å². The molecule has 1 N–H and O–H groups in total. The highest BCUT2D eigenvalue weighted by Crippen LogP contribution is 2.08. The molecule has 0 saturated carbocycles. The quantitative estimate of drug-likeness (QED) is 0.653. The van der Waals surface area contributed by atoms with Crippen LogP contribution in [0.25, 0.3) is 0 Å². The van der Waals surface area contributed by atoms with Crippen molar-refractivity contribution in [2.75, 3.05) is 7.05 Å². The van der Waals surface area contributed by atoms with E-state index in [4.69, 9.17) is 0 Å². The monoisotopic (exact) mass is 139 g/mol. The van der Waals surface area contributed by atoms with Gasteiger partial charge in [-0.25, -0.2) is 0 Å². The molecule has 3 nitrogen and oxygen atoms in total. The van der Waals surface area contributed by atoms with Gasteiger partial charge in [0.05, 0.1) is 5.69 Å². The number of hydrogen-bond donors (Lipinski definition) is 1. The molecule has 0 aliphatic rings. The zero-order valence-corrected chi connectivity index (χ0v) is 6.63. The van der Waals surface area contributed by atoms with Crippen molar-refractivity contribution >= 4 is 0 Å². The molecule has 1 aromatic rings. The number of aromatic nitrogens is 2. The predicted molar refractivity (Wildman–Crippen MR) is 40.7 cm³/mol. The molecule has 56 valence electrons. The standard InChI is InChI=1S/C7H13N3/c1-6(8-2)7-4-5-9-10(7)3/h4-6,8H,1-3H3. The van der Waals surface area contributed by atoms with Gasteiger partial charge in [-0.2, -0.15) is 5.10 Å². The first-order valence-electron chi connectivity index (χ1n) is 3.41. The van der Waals surface area contributed by atoms with Gasteiger partial charge in [0, 0.05) is 19.3 Å². The van der Waals surface area contributed by atoms with Gasteiger partial charge in [-0.3, -0.25) is 4.68 Å². The van der Waals surface area contributed by atoms with Gasteiger partial charge in [0.25, 0.3) is 0 Å². The second kappa shape index (κ2) is 2.84. The molecule has 0 aliphatic carbocycles. The summed E-state index contributed by atoms with van der Waals surface area (Å²) >= 11 is 0. The molecule has 1 aromatic heterocycles. The van der Waals surface area contributed by atoms with Crippen LogP contribution in [0, 0.1) is 0 Å². The molecule has 0 amide bonds. The molecule has 0 aliphatic heterocycles. The molecule has 1 heterocycles. The Labute approximate surface area is 61.0 Å². The first-order valence-corrected chi connectivity index (χ1v) is 3.41. The van der Waals surface area contributed by atoms with Crippen LogP contribution in [0.5, 0.6) is 0 Å². The molecule has 0 spiro atoms. The van der Waals surface area contributed by atoms with E-state index in [0.29, 0.717) is 6.04 Å². The molecular weight excluding hydrogens is 126 g/mol. The highest BCUT2D eigenvalue weighted by Gasteiger charge is 2.04. The highest BCUT2D eigenvalue weighted by atomic mass is 15.3. The van der Waals surface area contributed by atoms with Crippen molar-refractivity contribution in [3.8, 4) is 0 Å². The van der Waals surface area contributed by atoms with E-state index in [-0.39, 0.29) is 0 Å². The van der Waals surface area contributed by atoms with Crippen molar-refractivity contribution in [2.24, 2.45) is 7.05 Å². The summed E-state index contributed by atoms with van der Waals surface area (Å²) in [6.07, 6.45) is 1.81. The minimum atomic E-state index is 0.382. The maximum atomic E-state index is 4.06. The Morgan fingerprint density at radius 2 is 2.40 bits per heavy atom. The fourth-order valence-electron chi connectivity index (χ4n) is 0.957. The van der Waals surface area contributed by atoms with E-state index in [1.165, 1.54) is 5.69 Å². The molecule has 0 radical (unpaired) electrons. The largest absolute Gasteiger partial charge is 0.312 e. The first kappa shape index (κ1) is 7.28. The summed E-state index contributed by atoms with van der Waals surface area (Å²) in [7, 11) is 3.89. The zero-order valence-electron chi connectivity index (χ0n) is 6.63. The Morgan fingerprint density at radius 3 is 2.80 bits per heavy atom. The van der Waals surface area contributed by atoms with Crippen molar-refractivity contribution in [1.29, 1.82) is 0 Å². The lowest BCUT2D eigenvalue weighted by Crippen LogP contribution is -2.15. The van der Waals surface area contributed by atoms with E-state index in [1.54, 1.807) is 0 Å². The number of nitrogens with one attached hydrogen (secondary N) is 1. The fraction of sp³-hybridized carbons (Fsp3) is 0.571. The normalized spacial score (nSPS) is 13.5. The maximum Gasteiger partial charge on any atom is 0.0547 e. The summed E-state index contributed by atoms with van der Waals surface area (Å²) in [5, 5.41) is 7.21. The smallest absolute Gasteiger partial charge is 0.0547 e. The number of nitrogens with zero attached hydrogens (tertiary/aromatic N) is 2. The molecule has 1 unspecified atom stereocenters. The summed E-state index contributed by atoms with van der Waals surface area (Å²) in [6, 6.07) is 2.40. The first-order chi connectivity index (χ1) is 4.75. The van der Waals surface area contributed by atoms with Crippen molar-refractivity contribution in [3.05, 3.63) is 18.0 Å². The Hall–Kier alpha value is -0.830. The van der Waals surface area contributed by atoms with Gasteiger partial charge < -0.3 is 5.32 Å². The number of aryl methyl sites for hydroxylation is 1. The summed E-state index contributed by atoms with van der Waals surface area (Å²) < 4.78 is 1.88. The molecule has 0 bridgehead atoms. The van der Waals surface area contributed by atoms with E-state index >= 15 is 0 Å². The molecular formula is C7H13N3. The van der Waals surface area contributed by atoms with Crippen LogP contribution in [0.15, 0.2) is 12.3 Å². The summed E-state index contributed by atoms with van der Waals surface area (Å²) in [5.74, 6) is 0. The van der Waals surface area contributed by atoms with Crippen molar-refractivity contribution in [3.63, 3.8) is 0 Å². The third-order valence-electron chi connectivity index (χ3n) is 1.74. The molecule has 0 saturated heterocycles. The van der Waals surface area contributed by atoms with Gasteiger partial charge in [-0.1, -0.05) is 0 Å². The summed E-state index contributed by atoms with van der Waals surface area (Å²) in [4.78, 5) is 0. The lowest BCUT2D eigenvalue weighted by molar-refractivity contribution is 0.579. The lowest BCUT2D eigenvalue weighted by Gasteiger charge is -2.09. The van der Waals surface area contributed by atoms with Gasteiger partial charge in [0.15, 0.2) is 0 Å². The SMILES string of the molecule is CNC(C)c1ccnn1C. The van der Waals surface area contributed by atoms with Crippen LogP contribution in [0.3, 0.4) is 0 Å². The zero-order chi connectivity index (χ0) is 7.56. The van der Waals surface area contributed by atoms with Crippen molar-refractivity contribution in [2.45, 2.75) is 13.0 Å². The van der Waals surface area contributed by atoms with E-state index < -0.39 is 0 Å². The van der Waals surface area contributed by atoms with Gasteiger partial charge in [-0.15, -0.1) is 0 Å². The molecule has 1 rings (SSSR count). The van der Waals surface area contributed by atoms with Crippen LogP contribution in [-0.4, -0.2) is 16.8 Å². The summed E-state index contributed by atoms with van der Waals surface area (Å²) in [5.41, 5.74) is 1.21. The van der Waals surface area contributed by atoms with E-state index in [2.05, 4.69) is 17.3 Å². The average molecular weight is 139 g/mol. The molecule has 1 atom stereocenters. The Bertz CT molecular complexity index is 204. The molecule has 0 fully saturated rings. The Kier molecular flexibility index (Phi) is 2.06. The fourth-order valence-corrected chi connectivity index (χ4v) is 0.957. The molecule has 3 heteroatoms.